The summed E-state index contributed by atoms with van der Waals surface area (Å²) in [4.78, 5) is 0. The molecule has 0 amide bonds. The van der Waals surface area contributed by atoms with Gasteiger partial charge in [-0.05, 0) is 6.07 Å². The van der Waals surface area contributed by atoms with E-state index in [9.17, 15) is 0 Å². The second kappa shape index (κ2) is 5.86. The number of methoxy groups -OCH3 is 3. The monoisotopic (exact) mass is 243 g/mol. The summed E-state index contributed by atoms with van der Waals surface area (Å²) in [5.41, 5.74) is 6.79. The zero-order valence-corrected chi connectivity index (χ0v) is 10.6. The average molecular weight is 243 g/mol. The third kappa shape index (κ3) is 2.54. The molecule has 0 aliphatic rings. The number of nitrogens with two attached hydrogens (primary N) is 1. The summed E-state index contributed by atoms with van der Waals surface area (Å²) in [6.07, 6.45) is 0. The first kappa shape index (κ1) is 13.0. The van der Waals surface area contributed by atoms with Gasteiger partial charge in [-0.25, -0.2) is 0 Å². The molecule has 0 aromatic heterocycles. The maximum atomic E-state index is 5.93. The summed E-state index contributed by atoms with van der Waals surface area (Å²) in [6, 6.07) is 3.38. The van der Waals surface area contributed by atoms with Gasteiger partial charge in [-0.3, -0.25) is 0 Å². The van der Waals surface area contributed by atoms with Gasteiger partial charge in [-0.1, -0.05) is 0 Å². The first-order chi connectivity index (χ1) is 7.67. The van der Waals surface area contributed by atoms with E-state index in [2.05, 4.69) is 12.6 Å². The van der Waals surface area contributed by atoms with Crippen LogP contribution in [0, 0.1) is 0 Å². The number of ether oxygens (including phenoxy) is 3. The van der Waals surface area contributed by atoms with Crippen LogP contribution in [0.2, 0.25) is 0 Å². The molecule has 0 radical (unpaired) electrons. The van der Waals surface area contributed by atoms with E-state index in [1.54, 1.807) is 27.4 Å². The largest absolute Gasteiger partial charge is 0.496 e. The minimum absolute atomic E-state index is 0.196. The predicted molar refractivity (Wildman–Crippen MR) is 66.9 cm³/mol. The van der Waals surface area contributed by atoms with Crippen LogP contribution in [0.15, 0.2) is 12.1 Å². The van der Waals surface area contributed by atoms with Crippen LogP contribution in [0.4, 0.5) is 0 Å². The van der Waals surface area contributed by atoms with E-state index < -0.39 is 0 Å². The first-order valence-corrected chi connectivity index (χ1v) is 5.47. The Morgan fingerprint density at radius 3 is 2.00 bits per heavy atom. The molecule has 4 nitrogen and oxygen atoms in total. The van der Waals surface area contributed by atoms with Crippen molar-refractivity contribution >= 4 is 12.6 Å². The number of benzene rings is 1. The van der Waals surface area contributed by atoms with Crippen molar-refractivity contribution in [2.45, 2.75) is 6.04 Å². The van der Waals surface area contributed by atoms with E-state index in [0.29, 0.717) is 23.0 Å². The number of rotatable bonds is 5. The van der Waals surface area contributed by atoms with Crippen molar-refractivity contribution in [3.63, 3.8) is 0 Å². The SMILES string of the molecule is COc1cc(OC)c(C(N)CS)cc1OC. The summed E-state index contributed by atoms with van der Waals surface area (Å²) in [5, 5.41) is 0. The molecule has 0 aliphatic carbocycles. The van der Waals surface area contributed by atoms with Crippen molar-refractivity contribution in [3.8, 4) is 17.2 Å². The molecular formula is C11H17NO3S. The van der Waals surface area contributed by atoms with Gasteiger partial charge >= 0.3 is 0 Å². The lowest BCUT2D eigenvalue weighted by Crippen LogP contribution is -2.13. The van der Waals surface area contributed by atoms with Crippen molar-refractivity contribution in [2.75, 3.05) is 27.1 Å². The average Bonchev–Trinajstić information content (AvgIpc) is 2.35. The minimum Gasteiger partial charge on any atom is -0.496 e. The minimum atomic E-state index is -0.196. The molecule has 1 atom stereocenters. The second-order valence-corrected chi connectivity index (χ2v) is 3.60. The molecule has 1 rings (SSSR count). The van der Waals surface area contributed by atoms with Gasteiger partial charge in [0.1, 0.15) is 5.75 Å². The van der Waals surface area contributed by atoms with Crippen LogP contribution in [0.25, 0.3) is 0 Å². The lowest BCUT2D eigenvalue weighted by molar-refractivity contribution is 0.347. The normalized spacial score (nSPS) is 12.1. The highest BCUT2D eigenvalue weighted by atomic mass is 32.1. The number of hydrogen-bond acceptors (Lipinski definition) is 5. The highest BCUT2D eigenvalue weighted by Gasteiger charge is 2.15. The summed E-state index contributed by atoms with van der Waals surface area (Å²) in [5.74, 6) is 2.47. The first-order valence-electron chi connectivity index (χ1n) is 4.84. The maximum absolute atomic E-state index is 5.93. The number of hydrogen-bond donors (Lipinski definition) is 2. The Hall–Kier alpha value is -1.07. The summed E-state index contributed by atoms with van der Waals surface area (Å²) in [6.45, 7) is 0. The van der Waals surface area contributed by atoms with Crippen LogP contribution in [-0.2, 0) is 0 Å². The molecule has 0 fully saturated rings. The Morgan fingerprint density at radius 1 is 1.06 bits per heavy atom. The van der Waals surface area contributed by atoms with E-state index in [0.717, 1.165) is 5.56 Å². The molecule has 90 valence electrons. The van der Waals surface area contributed by atoms with E-state index >= 15 is 0 Å². The van der Waals surface area contributed by atoms with Gasteiger partial charge in [0.15, 0.2) is 11.5 Å². The third-order valence-electron chi connectivity index (χ3n) is 2.33. The highest BCUT2D eigenvalue weighted by molar-refractivity contribution is 7.80. The zero-order valence-electron chi connectivity index (χ0n) is 9.69. The van der Waals surface area contributed by atoms with Crippen LogP contribution >= 0.6 is 12.6 Å². The molecule has 0 saturated heterocycles. The van der Waals surface area contributed by atoms with Crippen molar-refractivity contribution in [1.82, 2.24) is 0 Å². The lowest BCUT2D eigenvalue weighted by atomic mass is 10.1. The van der Waals surface area contributed by atoms with Crippen LogP contribution in [-0.4, -0.2) is 27.1 Å². The van der Waals surface area contributed by atoms with Gasteiger partial charge in [-0.15, -0.1) is 0 Å². The van der Waals surface area contributed by atoms with Crippen molar-refractivity contribution in [2.24, 2.45) is 5.73 Å². The lowest BCUT2D eigenvalue weighted by Gasteiger charge is -2.17. The predicted octanol–water partition coefficient (Wildman–Crippen LogP) is 1.64. The zero-order chi connectivity index (χ0) is 12.1. The molecule has 0 aliphatic heterocycles. The van der Waals surface area contributed by atoms with Crippen molar-refractivity contribution < 1.29 is 14.2 Å². The second-order valence-electron chi connectivity index (χ2n) is 3.24. The van der Waals surface area contributed by atoms with Gasteiger partial charge in [0, 0.05) is 23.4 Å². The van der Waals surface area contributed by atoms with Crippen molar-refractivity contribution in [1.29, 1.82) is 0 Å². The fraction of sp³-hybridized carbons (Fsp3) is 0.455. The smallest absolute Gasteiger partial charge is 0.164 e. The summed E-state index contributed by atoms with van der Waals surface area (Å²) < 4.78 is 15.7. The third-order valence-corrected chi connectivity index (χ3v) is 2.73. The van der Waals surface area contributed by atoms with Crippen molar-refractivity contribution in [3.05, 3.63) is 17.7 Å². The van der Waals surface area contributed by atoms with Gasteiger partial charge in [0.2, 0.25) is 0 Å². The Kier molecular flexibility index (Phi) is 4.76. The fourth-order valence-electron chi connectivity index (χ4n) is 1.44. The molecule has 0 spiro atoms. The molecule has 1 aromatic rings. The molecule has 16 heavy (non-hydrogen) atoms. The standard InChI is InChI=1S/C11H17NO3S/c1-13-9-5-11(15-3)10(14-2)4-7(9)8(12)6-16/h4-5,8,16H,6,12H2,1-3H3. The Bertz CT molecular complexity index is 357. The van der Waals surface area contributed by atoms with Gasteiger partial charge in [0.05, 0.1) is 21.3 Å². The molecule has 0 saturated carbocycles. The van der Waals surface area contributed by atoms with Gasteiger partial charge in [0.25, 0.3) is 0 Å². The summed E-state index contributed by atoms with van der Waals surface area (Å²) in [7, 11) is 4.76. The molecule has 1 unspecified atom stereocenters. The maximum Gasteiger partial charge on any atom is 0.164 e. The van der Waals surface area contributed by atoms with Gasteiger partial charge < -0.3 is 19.9 Å². The molecule has 0 bridgehead atoms. The highest BCUT2D eigenvalue weighted by Crippen LogP contribution is 2.36. The Balaban J connectivity index is 3.25. The van der Waals surface area contributed by atoms with E-state index in [4.69, 9.17) is 19.9 Å². The molecular weight excluding hydrogens is 226 g/mol. The van der Waals surface area contributed by atoms with E-state index in [-0.39, 0.29) is 6.04 Å². The van der Waals surface area contributed by atoms with Crippen LogP contribution in [0.1, 0.15) is 11.6 Å². The topological polar surface area (TPSA) is 53.7 Å². The number of thiol groups is 1. The molecule has 2 N–H and O–H groups in total. The summed E-state index contributed by atoms with van der Waals surface area (Å²) >= 11 is 4.17. The molecule has 0 heterocycles. The van der Waals surface area contributed by atoms with E-state index in [1.165, 1.54) is 0 Å². The molecule has 5 heteroatoms. The van der Waals surface area contributed by atoms with Crippen LogP contribution < -0.4 is 19.9 Å². The van der Waals surface area contributed by atoms with Crippen LogP contribution in [0.5, 0.6) is 17.2 Å². The Morgan fingerprint density at radius 2 is 1.56 bits per heavy atom. The quantitative estimate of drug-likeness (QED) is 0.772. The molecule has 1 aromatic carbocycles. The van der Waals surface area contributed by atoms with E-state index in [1.807, 2.05) is 6.07 Å². The van der Waals surface area contributed by atoms with Crippen LogP contribution in [0.3, 0.4) is 0 Å². The fourth-order valence-corrected chi connectivity index (χ4v) is 1.64. The Labute approximate surface area is 101 Å². The van der Waals surface area contributed by atoms with Gasteiger partial charge in [-0.2, -0.15) is 12.6 Å².